The van der Waals surface area contributed by atoms with Crippen molar-refractivity contribution in [3.05, 3.63) is 60.2 Å². The van der Waals surface area contributed by atoms with Gasteiger partial charge in [0.2, 0.25) is 0 Å². The van der Waals surface area contributed by atoms with E-state index >= 15 is 0 Å². The molecule has 26 heavy (non-hydrogen) atoms. The minimum absolute atomic E-state index is 0.267. The first-order valence-electron chi connectivity index (χ1n) is 7.89. The SMILES string of the molecule is Cc1ccc(NC(=O)NCCOc2ccc(F)cc2)cc1-n1cnnn1. The second-order valence-corrected chi connectivity index (χ2v) is 5.44. The summed E-state index contributed by atoms with van der Waals surface area (Å²) in [6.45, 7) is 2.49. The monoisotopic (exact) mass is 356 g/mol. The number of hydrogen-bond acceptors (Lipinski definition) is 5. The van der Waals surface area contributed by atoms with E-state index in [1.165, 1.54) is 35.3 Å². The molecule has 0 fully saturated rings. The molecule has 0 unspecified atom stereocenters. The topological polar surface area (TPSA) is 94.0 Å². The number of hydrogen-bond donors (Lipinski definition) is 2. The zero-order valence-electron chi connectivity index (χ0n) is 14.0. The van der Waals surface area contributed by atoms with Crippen molar-refractivity contribution in [2.45, 2.75) is 6.92 Å². The molecule has 2 N–H and O–H groups in total. The molecule has 0 aliphatic rings. The number of tetrazole rings is 1. The molecule has 2 amide bonds. The number of aromatic nitrogens is 4. The Morgan fingerprint density at radius 3 is 2.77 bits per heavy atom. The summed E-state index contributed by atoms with van der Waals surface area (Å²) < 4.78 is 19.7. The third kappa shape index (κ3) is 4.53. The van der Waals surface area contributed by atoms with E-state index in [0.717, 1.165) is 11.3 Å². The van der Waals surface area contributed by atoms with E-state index in [4.69, 9.17) is 4.74 Å². The summed E-state index contributed by atoms with van der Waals surface area (Å²) in [4.78, 5) is 12.0. The van der Waals surface area contributed by atoms with Crippen LogP contribution in [0.3, 0.4) is 0 Å². The van der Waals surface area contributed by atoms with Crippen molar-refractivity contribution in [3.63, 3.8) is 0 Å². The number of rotatable bonds is 6. The lowest BCUT2D eigenvalue weighted by atomic mass is 10.2. The zero-order valence-corrected chi connectivity index (χ0v) is 14.0. The number of carbonyl (C=O) groups is 1. The second-order valence-electron chi connectivity index (χ2n) is 5.44. The van der Waals surface area contributed by atoms with Gasteiger partial charge >= 0.3 is 6.03 Å². The molecule has 0 atom stereocenters. The van der Waals surface area contributed by atoms with E-state index in [1.54, 1.807) is 12.1 Å². The summed E-state index contributed by atoms with van der Waals surface area (Å²) in [6, 6.07) is 10.8. The van der Waals surface area contributed by atoms with E-state index in [2.05, 4.69) is 26.2 Å². The summed E-state index contributed by atoms with van der Waals surface area (Å²) >= 11 is 0. The zero-order chi connectivity index (χ0) is 18.4. The molecule has 1 heterocycles. The van der Waals surface area contributed by atoms with Crippen LogP contribution in [0.4, 0.5) is 14.9 Å². The quantitative estimate of drug-likeness (QED) is 0.661. The van der Waals surface area contributed by atoms with Crippen molar-refractivity contribution in [2.75, 3.05) is 18.5 Å². The molecule has 8 nitrogen and oxygen atoms in total. The highest BCUT2D eigenvalue weighted by Crippen LogP contribution is 2.18. The Hall–Kier alpha value is -3.49. The fraction of sp³-hybridized carbons (Fsp3) is 0.176. The molecule has 0 aliphatic heterocycles. The Morgan fingerprint density at radius 1 is 1.23 bits per heavy atom. The summed E-state index contributed by atoms with van der Waals surface area (Å²) in [5, 5.41) is 16.5. The second kappa shape index (κ2) is 8.06. The van der Waals surface area contributed by atoms with Crippen LogP contribution in [0.25, 0.3) is 5.69 Å². The minimum Gasteiger partial charge on any atom is -0.492 e. The van der Waals surface area contributed by atoms with Crippen molar-refractivity contribution in [3.8, 4) is 11.4 Å². The van der Waals surface area contributed by atoms with Gasteiger partial charge in [0.05, 0.1) is 12.2 Å². The fourth-order valence-corrected chi connectivity index (χ4v) is 2.25. The van der Waals surface area contributed by atoms with Crippen LogP contribution < -0.4 is 15.4 Å². The van der Waals surface area contributed by atoms with E-state index in [-0.39, 0.29) is 18.5 Å². The number of nitrogens with one attached hydrogen (secondary N) is 2. The normalized spacial score (nSPS) is 10.4. The number of amides is 2. The molecule has 1 aromatic heterocycles. The van der Waals surface area contributed by atoms with Gasteiger partial charge in [0, 0.05) is 5.69 Å². The molecule has 3 aromatic rings. The van der Waals surface area contributed by atoms with Gasteiger partial charge in [0.25, 0.3) is 0 Å². The van der Waals surface area contributed by atoms with Gasteiger partial charge in [-0.05, 0) is 59.3 Å². The highest BCUT2D eigenvalue weighted by Gasteiger charge is 2.07. The molecular weight excluding hydrogens is 339 g/mol. The largest absolute Gasteiger partial charge is 0.492 e. The molecule has 3 rings (SSSR count). The third-order valence-corrected chi connectivity index (χ3v) is 3.53. The molecule has 0 spiro atoms. The number of ether oxygens (including phenoxy) is 1. The number of carbonyl (C=O) groups excluding carboxylic acids is 1. The number of benzene rings is 2. The standard InChI is InChI=1S/C17H17FN6O2/c1-12-2-5-14(10-16(12)24-11-20-22-23-24)21-17(25)19-8-9-26-15-6-3-13(18)4-7-15/h2-7,10-11H,8-9H2,1H3,(H2,19,21,25). The van der Waals surface area contributed by atoms with Gasteiger partial charge in [-0.15, -0.1) is 5.10 Å². The first-order chi connectivity index (χ1) is 12.6. The van der Waals surface area contributed by atoms with E-state index in [0.29, 0.717) is 18.0 Å². The van der Waals surface area contributed by atoms with E-state index in [9.17, 15) is 9.18 Å². The van der Waals surface area contributed by atoms with Gasteiger partial charge in [-0.2, -0.15) is 0 Å². The lowest BCUT2D eigenvalue weighted by Gasteiger charge is -2.11. The molecule has 134 valence electrons. The number of anilines is 1. The molecule has 0 radical (unpaired) electrons. The average Bonchev–Trinajstić information content (AvgIpc) is 3.16. The van der Waals surface area contributed by atoms with E-state index in [1.807, 2.05) is 13.0 Å². The first kappa shape index (κ1) is 17.3. The Morgan fingerprint density at radius 2 is 2.04 bits per heavy atom. The van der Waals surface area contributed by atoms with Crippen LogP contribution >= 0.6 is 0 Å². The Balaban J connectivity index is 1.49. The van der Waals surface area contributed by atoms with Crippen molar-refractivity contribution >= 4 is 11.7 Å². The third-order valence-electron chi connectivity index (χ3n) is 3.53. The van der Waals surface area contributed by atoms with Gasteiger partial charge in [-0.3, -0.25) is 0 Å². The van der Waals surface area contributed by atoms with Crippen LogP contribution in [0, 0.1) is 12.7 Å². The van der Waals surface area contributed by atoms with Gasteiger partial charge < -0.3 is 15.4 Å². The lowest BCUT2D eigenvalue weighted by molar-refractivity contribution is 0.247. The summed E-state index contributed by atoms with van der Waals surface area (Å²) in [6.07, 6.45) is 1.49. The van der Waals surface area contributed by atoms with Crippen molar-refractivity contribution in [1.82, 2.24) is 25.5 Å². The molecule has 2 aromatic carbocycles. The molecule has 0 saturated carbocycles. The Kier molecular flexibility index (Phi) is 5.37. The maximum atomic E-state index is 12.8. The summed E-state index contributed by atoms with van der Waals surface area (Å²) in [5.74, 6) is 0.215. The minimum atomic E-state index is -0.362. The molecule has 0 aliphatic carbocycles. The van der Waals surface area contributed by atoms with Crippen LogP contribution in [0.5, 0.6) is 5.75 Å². The Bertz CT molecular complexity index is 867. The van der Waals surface area contributed by atoms with E-state index < -0.39 is 0 Å². The van der Waals surface area contributed by atoms with Crippen LogP contribution in [0.1, 0.15) is 5.56 Å². The van der Waals surface area contributed by atoms with Crippen LogP contribution in [-0.2, 0) is 0 Å². The maximum absolute atomic E-state index is 12.8. The lowest BCUT2D eigenvalue weighted by Crippen LogP contribution is -2.32. The predicted molar refractivity (Wildman–Crippen MR) is 92.8 cm³/mol. The van der Waals surface area contributed by atoms with Crippen LogP contribution in [-0.4, -0.2) is 39.4 Å². The fourth-order valence-electron chi connectivity index (χ4n) is 2.25. The highest BCUT2D eigenvalue weighted by molar-refractivity contribution is 5.89. The van der Waals surface area contributed by atoms with Crippen molar-refractivity contribution < 1.29 is 13.9 Å². The predicted octanol–water partition coefficient (Wildman–Crippen LogP) is 2.31. The van der Waals surface area contributed by atoms with Crippen molar-refractivity contribution in [1.29, 1.82) is 0 Å². The van der Waals surface area contributed by atoms with Gasteiger partial charge in [0.15, 0.2) is 0 Å². The van der Waals surface area contributed by atoms with Gasteiger partial charge in [-0.25, -0.2) is 13.9 Å². The van der Waals surface area contributed by atoms with Gasteiger partial charge in [0.1, 0.15) is 24.5 Å². The average molecular weight is 356 g/mol. The molecule has 0 bridgehead atoms. The number of urea groups is 1. The summed E-state index contributed by atoms with van der Waals surface area (Å²) in [7, 11) is 0. The van der Waals surface area contributed by atoms with Gasteiger partial charge in [-0.1, -0.05) is 6.07 Å². The number of aryl methyl sites for hydroxylation is 1. The summed E-state index contributed by atoms with van der Waals surface area (Å²) in [5.41, 5.74) is 2.35. The Labute approximate surface area is 149 Å². The number of halogens is 1. The molecule has 9 heteroatoms. The highest BCUT2D eigenvalue weighted by atomic mass is 19.1. The first-order valence-corrected chi connectivity index (χ1v) is 7.89. The van der Waals surface area contributed by atoms with Crippen LogP contribution in [0.15, 0.2) is 48.8 Å². The maximum Gasteiger partial charge on any atom is 0.319 e. The van der Waals surface area contributed by atoms with Crippen LogP contribution in [0.2, 0.25) is 0 Å². The molecule has 0 saturated heterocycles. The van der Waals surface area contributed by atoms with Crippen molar-refractivity contribution in [2.24, 2.45) is 0 Å². The number of nitrogens with zero attached hydrogens (tertiary/aromatic N) is 4. The smallest absolute Gasteiger partial charge is 0.319 e. The molecular formula is C17H17FN6O2.